The molecule has 2 rings (SSSR count). The van der Waals surface area contributed by atoms with Gasteiger partial charge in [0.05, 0.1) is 0 Å². The molecule has 20 heavy (non-hydrogen) atoms. The van der Waals surface area contributed by atoms with Gasteiger partial charge in [0.1, 0.15) is 17.1 Å². The number of aromatic carboxylic acids is 1. The molecule has 1 atom stereocenters. The summed E-state index contributed by atoms with van der Waals surface area (Å²) in [5.41, 5.74) is 1.40. The fourth-order valence-corrected chi connectivity index (χ4v) is 2.50. The van der Waals surface area contributed by atoms with Crippen molar-refractivity contribution in [1.29, 1.82) is 0 Å². The Balaban J connectivity index is 2.34. The molecular formula is C14H17BO5. The lowest BCUT2D eigenvalue weighted by atomic mass is 9.64. The maximum atomic E-state index is 11.5. The van der Waals surface area contributed by atoms with E-state index in [1.807, 2.05) is 0 Å². The van der Waals surface area contributed by atoms with Crippen LogP contribution in [0.2, 0.25) is 5.82 Å². The number of carboxylic acid groups (broad SMARTS) is 1. The van der Waals surface area contributed by atoms with Gasteiger partial charge >= 0.3 is 13.1 Å². The summed E-state index contributed by atoms with van der Waals surface area (Å²) in [7, 11) is -1.14. The van der Waals surface area contributed by atoms with Crippen molar-refractivity contribution in [3.05, 3.63) is 28.8 Å². The van der Waals surface area contributed by atoms with Gasteiger partial charge in [-0.1, -0.05) is 19.1 Å². The minimum Gasteiger partial charge on any atom is -0.535 e. The van der Waals surface area contributed by atoms with Gasteiger partial charge in [-0.2, -0.15) is 0 Å². The number of hydrogen-bond donors (Lipinski definition) is 2. The Kier molecular flexibility index (Phi) is 4.13. The molecule has 0 bridgehead atoms. The van der Waals surface area contributed by atoms with Crippen LogP contribution in [0.25, 0.3) is 0 Å². The van der Waals surface area contributed by atoms with Gasteiger partial charge in [-0.25, -0.2) is 4.79 Å². The number of rotatable bonds is 4. The fraction of sp³-hybridized carbons (Fsp3) is 0.429. The number of carboxylic acids is 1. The van der Waals surface area contributed by atoms with Crippen molar-refractivity contribution in [3.8, 4) is 5.75 Å². The summed E-state index contributed by atoms with van der Waals surface area (Å²) in [6, 6.07) is 3.52. The summed E-state index contributed by atoms with van der Waals surface area (Å²) in [4.78, 5) is 22.8. The normalized spacial score (nSPS) is 17.4. The quantitative estimate of drug-likeness (QED) is 0.820. The predicted molar refractivity (Wildman–Crippen MR) is 74.1 cm³/mol. The summed E-state index contributed by atoms with van der Waals surface area (Å²) in [5.74, 6) is -1.11. The molecule has 0 radical (unpaired) electrons. The first-order valence-corrected chi connectivity index (χ1v) is 6.66. The van der Waals surface area contributed by atoms with Gasteiger partial charge < -0.3 is 14.8 Å². The van der Waals surface area contributed by atoms with Gasteiger partial charge in [0.2, 0.25) is 0 Å². The average Bonchev–Trinajstić information content (AvgIpc) is 2.39. The van der Waals surface area contributed by atoms with Crippen LogP contribution in [-0.4, -0.2) is 29.0 Å². The zero-order valence-corrected chi connectivity index (χ0v) is 11.5. The minimum atomic E-state index is -1.14. The van der Waals surface area contributed by atoms with Gasteiger partial charge in [-0.15, -0.1) is 0 Å². The molecule has 0 amide bonds. The Morgan fingerprint density at radius 3 is 2.75 bits per heavy atom. The SMILES string of the molecule is CCC(=O)C[C@H]1Cc2ccc(C)c(C(=O)O)c2OB1O. The van der Waals surface area contributed by atoms with E-state index in [-0.39, 0.29) is 29.3 Å². The molecule has 6 heteroatoms. The first-order chi connectivity index (χ1) is 9.43. The number of benzene rings is 1. The highest BCUT2D eigenvalue weighted by Gasteiger charge is 2.37. The molecule has 1 aromatic carbocycles. The smallest absolute Gasteiger partial charge is 0.526 e. The van der Waals surface area contributed by atoms with Crippen molar-refractivity contribution in [1.82, 2.24) is 0 Å². The highest BCUT2D eigenvalue weighted by Crippen LogP contribution is 2.37. The third kappa shape index (κ3) is 2.70. The standard InChI is InChI=1S/C14H17BO5/c1-3-11(16)7-10-6-9-5-4-8(2)12(14(17)18)13(9)20-15(10)19/h4-5,10,19H,3,6-7H2,1-2H3,(H,17,18)/t10-/m1/s1. The Labute approximate surface area is 117 Å². The van der Waals surface area contributed by atoms with E-state index in [1.54, 1.807) is 26.0 Å². The minimum absolute atomic E-state index is 0.0617. The van der Waals surface area contributed by atoms with Crippen LogP contribution in [0, 0.1) is 6.92 Å². The van der Waals surface area contributed by atoms with Gasteiger partial charge in [0.15, 0.2) is 0 Å². The fourth-order valence-electron chi connectivity index (χ4n) is 2.50. The molecule has 1 aromatic rings. The maximum Gasteiger partial charge on any atom is 0.526 e. The first-order valence-electron chi connectivity index (χ1n) is 6.66. The number of ketones is 1. The summed E-state index contributed by atoms with van der Waals surface area (Å²) >= 11 is 0. The monoisotopic (exact) mass is 276 g/mol. The molecule has 1 aliphatic rings. The lowest BCUT2D eigenvalue weighted by Crippen LogP contribution is -2.36. The van der Waals surface area contributed by atoms with Crippen LogP contribution in [0.4, 0.5) is 0 Å². The molecule has 1 heterocycles. The number of carbonyl (C=O) groups is 2. The van der Waals surface area contributed by atoms with Gasteiger partial charge in [0, 0.05) is 18.7 Å². The Hall–Kier alpha value is -1.82. The summed E-state index contributed by atoms with van der Waals surface area (Å²) < 4.78 is 5.39. The van der Waals surface area contributed by atoms with Crippen LogP contribution in [0.1, 0.15) is 41.3 Å². The first kappa shape index (κ1) is 14.6. The van der Waals surface area contributed by atoms with E-state index >= 15 is 0 Å². The topological polar surface area (TPSA) is 83.8 Å². The Morgan fingerprint density at radius 1 is 1.45 bits per heavy atom. The molecule has 0 spiro atoms. The van der Waals surface area contributed by atoms with E-state index in [0.29, 0.717) is 18.4 Å². The van der Waals surface area contributed by atoms with Crippen molar-refractivity contribution >= 4 is 18.9 Å². The van der Waals surface area contributed by atoms with Crippen LogP contribution < -0.4 is 4.65 Å². The van der Waals surface area contributed by atoms with Crippen molar-refractivity contribution in [3.63, 3.8) is 0 Å². The van der Waals surface area contributed by atoms with Crippen molar-refractivity contribution in [2.24, 2.45) is 0 Å². The van der Waals surface area contributed by atoms with Gasteiger partial charge in [-0.05, 0) is 24.5 Å². The van der Waals surface area contributed by atoms with E-state index in [4.69, 9.17) is 4.65 Å². The predicted octanol–water partition coefficient (Wildman–Crippen LogP) is 1.85. The van der Waals surface area contributed by atoms with E-state index in [0.717, 1.165) is 5.56 Å². The largest absolute Gasteiger partial charge is 0.535 e. The molecule has 0 aliphatic carbocycles. The zero-order chi connectivity index (χ0) is 14.9. The van der Waals surface area contributed by atoms with E-state index in [2.05, 4.69) is 0 Å². The number of aryl methyl sites for hydroxylation is 1. The van der Waals surface area contributed by atoms with E-state index in [9.17, 15) is 19.7 Å². The Morgan fingerprint density at radius 2 is 2.15 bits per heavy atom. The average molecular weight is 276 g/mol. The van der Waals surface area contributed by atoms with Crippen LogP contribution in [0.3, 0.4) is 0 Å². The second kappa shape index (κ2) is 5.67. The van der Waals surface area contributed by atoms with E-state index in [1.165, 1.54) is 0 Å². The van der Waals surface area contributed by atoms with Crippen molar-refractivity contribution in [2.45, 2.75) is 38.9 Å². The third-order valence-electron chi connectivity index (χ3n) is 3.67. The molecule has 0 saturated heterocycles. The third-order valence-corrected chi connectivity index (χ3v) is 3.67. The van der Waals surface area contributed by atoms with Gasteiger partial charge in [0.25, 0.3) is 0 Å². The lowest BCUT2D eigenvalue weighted by Gasteiger charge is -2.28. The molecule has 5 nitrogen and oxygen atoms in total. The molecule has 106 valence electrons. The van der Waals surface area contributed by atoms with Crippen molar-refractivity contribution in [2.75, 3.05) is 0 Å². The highest BCUT2D eigenvalue weighted by atomic mass is 16.5. The Bertz CT molecular complexity index is 555. The highest BCUT2D eigenvalue weighted by molar-refractivity contribution is 6.47. The molecule has 0 fully saturated rings. The summed E-state index contributed by atoms with van der Waals surface area (Å²) in [6.45, 7) is 3.46. The number of Topliss-reactive ketones (excluding diaryl/α,β-unsaturated/α-hetero) is 1. The second-order valence-corrected chi connectivity index (χ2v) is 5.12. The number of fused-ring (bicyclic) bond motifs is 1. The molecule has 2 N–H and O–H groups in total. The van der Waals surface area contributed by atoms with Crippen LogP contribution in [0.15, 0.2) is 12.1 Å². The summed E-state index contributed by atoms with van der Waals surface area (Å²) in [6.07, 6.45) is 1.11. The maximum absolute atomic E-state index is 11.5. The number of hydrogen-bond acceptors (Lipinski definition) is 4. The molecule has 0 unspecified atom stereocenters. The van der Waals surface area contributed by atoms with E-state index < -0.39 is 13.1 Å². The lowest BCUT2D eigenvalue weighted by molar-refractivity contribution is -0.118. The molecule has 1 aliphatic heterocycles. The van der Waals surface area contributed by atoms with Crippen molar-refractivity contribution < 1.29 is 24.4 Å². The molecule has 0 saturated carbocycles. The summed E-state index contributed by atoms with van der Waals surface area (Å²) in [5, 5.41) is 19.2. The van der Waals surface area contributed by atoms with Crippen LogP contribution >= 0.6 is 0 Å². The zero-order valence-electron chi connectivity index (χ0n) is 11.5. The van der Waals surface area contributed by atoms with Crippen LogP contribution in [-0.2, 0) is 11.2 Å². The number of carbonyl (C=O) groups excluding carboxylic acids is 1. The van der Waals surface area contributed by atoms with Gasteiger partial charge in [-0.3, -0.25) is 4.79 Å². The second-order valence-electron chi connectivity index (χ2n) is 5.12. The molecule has 0 aromatic heterocycles. The van der Waals surface area contributed by atoms with Crippen LogP contribution in [0.5, 0.6) is 5.75 Å². The molecular weight excluding hydrogens is 259 g/mol.